The Balaban J connectivity index is 2.08. The molecule has 2 aromatic rings. The summed E-state index contributed by atoms with van der Waals surface area (Å²) in [7, 11) is 3.18. The van der Waals surface area contributed by atoms with Gasteiger partial charge in [-0.2, -0.15) is 15.4 Å². The number of hydrogen-bond donors (Lipinski definition) is 1. The van der Waals surface area contributed by atoms with E-state index < -0.39 is 28.1 Å². The molecular weight excluding hydrogens is 512 g/mol. The lowest BCUT2D eigenvalue weighted by molar-refractivity contribution is -0.186. The molecule has 0 saturated carbocycles. The van der Waals surface area contributed by atoms with E-state index in [1.807, 2.05) is 30.3 Å². The van der Waals surface area contributed by atoms with Crippen molar-refractivity contribution in [2.45, 2.75) is 44.1 Å². The summed E-state index contributed by atoms with van der Waals surface area (Å²) >= 11 is 1.16. The van der Waals surface area contributed by atoms with E-state index in [1.165, 1.54) is 12.1 Å². The van der Waals surface area contributed by atoms with Crippen LogP contribution in [-0.4, -0.2) is 58.2 Å². The smallest absolute Gasteiger partial charge is 0.365 e. The van der Waals surface area contributed by atoms with Gasteiger partial charge in [0, 0.05) is 26.2 Å². The van der Waals surface area contributed by atoms with Crippen LogP contribution >= 0.6 is 11.8 Å². The number of hydrazone groups is 1. The number of nitrogens with zero attached hydrogens (tertiary/aromatic N) is 6. The monoisotopic (exact) mass is 543 g/mol. The summed E-state index contributed by atoms with van der Waals surface area (Å²) in [5, 5.41) is 15.9. The van der Waals surface area contributed by atoms with Gasteiger partial charge in [0.1, 0.15) is 21.5 Å². The van der Waals surface area contributed by atoms with Gasteiger partial charge in [0.2, 0.25) is 12.2 Å². The third kappa shape index (κ3) is 6.59. The quantitative estimate of drug-likeness (QED) is 0.232. The Hall–Kier alpha value is -3.69. The fraction of sp³-hybridized carbons (Fsp3) is 0.385. The summed E-state index contributed by atoms with van der Waals surface area (Å²) in [6, 6.07) is 11.8. The van der Waals surface area contributed by atoms with E-state index in [1.54, 1.807) is 38.9 Å². The van der Waals surface area contributed by atoms with Crippen molar-refractivity contribution in [1.29, 1.82) is 5.26 Å². The Morgan fingerprint density at radius 3 is 2.55 bits per heavy atom. The molecule has 0 spiro atoms. The van der Waals surface area contributed by atoms with Crippen LogP contribution in [-0.2, 0) is 9.71 Å². The largest absolute Gasteiger partial charge is 0.369 e. The third-order valence-corrected chi connectivity index (χ3v) is 7.05. The van der Waals surface area contributed by atoms with Crippen LogP contribution < -0.4 is 5.73 Å². The van der Waals surface area contributed by atoms with Crippen LogP contribution in [0.2, 0.25) is 0 Å². The van der Waals surface area contributed by atoms with Crippen LogP contribution in [0.15, 0.2) is 58.6 Å². The van der Waals surface area contributed by atoms with Crippen LogP contribution in [0.25, 0.3) is 0 Å². The predicted molar refractivity (Wildman–Crippen MR) is 144 cm³/mol. The lowest BCUT2D eigenvalue weighted by Gasteiger charge is -2.38. The number of nitriles is 1. The molecule has 2 amide bonds. The number of benzene rings is 2. The molecule has 1 unspecified atom stereocenters. The number of guanidine groups is 1. The zero-order valence-electron chi connectivity index (χ0n) is 22.0. The first-order valence-electron chi connectivity index (χ1n) is 11.9. The van der Waals surface area contributed by atoms with E-state index >= 15 is 0 Å². The van der Waals surface area contributed by atoms with Crippen molar-refractivity contribution >= 4 is 28.8 Å². The Labute approximate surface area is 225 Å². The molecule has 38 heavy (non-hydrogen) atoms. The van der Waals surface area contributed by atoms with E-state index in [2.05, 4.69) is 10.1 Å². The van der Waals surface area contributed by atoms with Crippen LogP contribution in [0, 0.1) is 23.1 Å². The van der Waals surface area contributed by atoms with E-state index in [-0.39, 0.29) is 16.6 Å². The number of carbonyl (C=O) groups excluding carboxylic acids is 1. The van der Waals surface area contributed by atoms with E-state index in [4.69, 9.17) is 15.8 Å². The number of hydrogen-bond acceptors (Lipinski definition) is 6. The average Bonchev–Trinajstić information content (AvgIpc) is 3.25. The predicted octanol–water partition coefficient (Wildman–Crippen LogP) is 4.82. The van der Waals surface area contributed by atoms with Crippen LogP contribution in [0.4, 0.5) is 13.6 Å². The van der Waals surface area contributed by atoms with E-state index in [0.717, 1.165) is 40.6 Å². The SMILES string of the molecule is CN(CCCC1(c2ccccc2)SC(c2cc(F)ccc2F)=NN1C(=O)N(C)OC(C)(C)C)C(N)=NC#N. The highest BCUT2D eigenvalue weighted by Crippen LogP contribution is 2.51. The number of halogens is 2. The summed E-state index contributed by atoms with van der Waals surface area (Å²) in [5.41, 5.74) is 5.84. The molecule has 2 N–H and O–H groups in total. The highest BCUT2D eigenvalue weighted by atomic mass is 32.2. The Morgan fingerprint density at radius 1 is 1.24 bits per heavy atom. The number of aliphatic imine (C=N–C) groups is 1. The van der Waals surface area contributed by atoms with Crippen molar-refractivity contribution in [1.82, 2.24) is 15.0 Å². The number of thioether (sulfide) groups is 1. The van der Waals surface area contributed by atoms with Gasteiger partial charge in [0.15, 0.2) is 0 Å². The molecule has 0 fully saturated rings. The van der Waals surface area contributed by atoms with Crippen molar-refractivity contribution in [3.8, 4) is 6.19 Å². The number of rotatable bonds is 7. The molecule has 3 rings (SSSR count). The number of nitrogens with two attached hydrogens (primary N) is 1. The topological polar surface area (TPSA) is 111 Å². The molecule has 1 heterocycles. The number of hydroxylamine groups is 2. The molecule has 12 heteroatoms. The Morgan fingerprint density at radius 2 is 1.92 bits per heavy atom. The highest BCUT2D eigenvalue weighted by molar-refractivity contribution is 8.15. The molecule has 202 valence electrons. The molecule has 1 aliphatic rings. The normalized spacial score (nSPS) is 17.7. The lowest BCUT2D eigenvalue weighted by Crippen LogP contribution is -2.49. The van der Waals surface area contributed by atoms with Gasteiger partial charge in [-0.3, -0.25) is 4.84 Å². The van der Waals surface area contributed by atoms with Crippen LogP contribution in [0.5, 0.6) is 0 Å². The molecule has 2 aromatic carbocycles. The van der Waals surface area contributed by atoms with Gasteiger partial charge < -0.3 is 10.6 Å². The Bertz CT molecular complexity index is 1260. The van der Waals surface area contributed by atoms with Crippen LogP contribution in [0.3, 0.4) is 0 Å². The van der Waals surface area contributed by atoms with E-state index in [0.29, 0.717) is 19.4 Å². The van der Waals surface area contributed by atoms with Gasteiger partial charge in [-0.15, -0.1) is 4.99 Å². The summed E-state index contributed by atoms with van der Waals surface area (Å²) in [6.45, 7) is 5.83. The van der Waals surface area contributed by atoms with Gasteiger partial charge in [0.05, 0.1) is 5.60 Å². The minimum atomic E-state index is -1.12. The van der Waals surface area contributed by atoms with Crippen molar-refractivity contribution < 1.29 is 18.4 Å². The van der Waals surface area contributed by atoms with Crippen molar-refractivity contribution in [3.05, 3.63) is 71.3 Å². The number of urea groups is 1. The van der Waals surface area contributed by atoms with E-state index in [9.17, 15) is 13.6 Å². The number of amides is 2. The maximum absolute atomic E-state index is 14.8. The summed E-state index contributed by atoms with van der Waals surface area (Å²) in [5.74, 6) is -1.22. The van der Waals surface area contributed by atoms with Crippen molar-refractivity contribution in [2.75, 3.05) is 20.6 Å². The number of carbonyl (C=O) groups is 1. The van der Waals surface area contributed by atoms with Gasteiger partial charge in [-0.1, -0.05) is 42.1 Å². The first-order chi connectivity index (χ1) is 17.9. The molecule has 9 nitrogen and oxygen atoms in total. The summed E-state index contributed by atoms with van der Waals surface area (Å²) in [4.78, 5) is 23.6. The van der Waals surface area contributed by atoms with Gasteiger partial charge >= 0.3 is 6.03 Å². The minimum absolute atomic E-state index is 0.0486. The molecule has 0 aliphatic carbocycles. The second kappa shape index (κ2) is 11.8. The fourth-order valence-corrected chi connectivity index (χ4v) is 5.35. The molecule has 1 aliphatic heterocycles. The first kappa shape index (κ1) is 28.9. The first-order valence-corrected chi connectivity index (χ1v) is 12.7. The standard InChI is InChI=1S/C26H31F2N7O2S/c1-25(2,3)37-34(5)24(36)35-26(18-10-7-6-8-11-18,14-9-15-33(4)23(30)31-17-29)38-22(32-35)20-16-19(27)12-13-21(20)28/h6-8,10-13,16H,9,14-15H2,1-5H3,(H2,30,31). The average molecular weight is 544 g/mol. The molecule has 0 saturated heterocycles. The summed E-state index contributed by atoms with van der Waals surface area (Å²) in [6.07, 6.45) is 2.50. The van der Waals surface area contributed by atoms with Gasteiger partial charge in [0.25, 0.3) is 0 Å². The van der Waals surface area contributed by atoms with Crippen LogP contribution in [0.1, 0.15) is 44.7 Å². The second-order valence-electron chi connectivity index (χ2n) is 9.67. The molecule has 0 bridgehead atoms. The molecular formula is C26H31F2N7O2S. The van der Waals surface area contributed by atoms with Gasteiger partial charge in [-0.25, -0.2) is 18.6 Å². The fourth-order valence-electron chi connectivity index (χ4n) is 3.93. The zero-order chi connectivity index (χ0) is 28.1. The third-order valence-electron chi connectivity index (χ3n) is 5.61. The second-order valence-corrected chi connectivity index (χ2v) is 10.9. The van der Waals surface area contributed by atoms with Crippen molar-refractivity contribution in [2.24, 2.45) is 15.8 Å². The van der Waals surface area contributed by atoms with Crippen molar-refractivity contribution in [3.63, 3.8) is 0 Å². The maximum Gasteiger partial charge on any atom is 0.365 e. The molecule has 1 atom stereocenters. The van der Waals surface area contributed by atoms with Gasteiger partial charge in [-0.05, 0) is 57.4 Å². The molecule has 0 aromatic heterocycles. The maximum atomic E-state index is 14.8. The highest BCUT2D eigenvalue weighted by Gasteiger charge is 2.50. The zero-order valence-corrected chi connectivity index (χ0v) is 22.8. The Kier molecular flexibility index (Phi) is 8.96. The molecule has 0 radical (unpaired) electrons. The minimum Gasteiger partial charge on any atom is -0.369 e. The summed E-state index contributed by atoms with van der Waals surface area (Å²) < 4.78 is 29.0. The lowest BCUT2D eigenvalue weighted by atomic mass is 10.00.